The molecule has 0 spiro atoms. The van der Waals surface area contributed by atoms with E-state index in [1.165, 1.54) is 11.1 Å². The van der Waals surface area contributed by atoms with Gasteiger partial charge in [0.25, 0.3) is 0 Å². The highest BCUT2D eigenvalue weighted by atomic mass is 16.5. The van der Waals surface area contributed by atoms with Gasteiger partial charge < -0.3 is 10.1 Å². The molecule has 2 N–H and O–H groups in total. The molecule has 2 saturated heterocycles. The highest BCUT2D eigenvalue weighted by molar-refractivity contribution is 6.00. The molecule has 3 heterocycles. The second-order valence-electron chi connectivity index (χ2n) is 10.1. The zero-order valence-electron chi connectivity index (χ0n) is 20.8. The number of likely N-dealkylation sites (tertiary alicyclic amines) is 1. The Bertz CT molecular complexity index is 1120. The van der Waals surface area contributed by atoms with Crippen LogP contribution in [0, 0.1) is 0 Å². The van der Waals surface area contributed by atoms with E-state index in [-0.39, 0.29) is 23.8 Å². The predicted octanol–water partition coefficient (Wildman–Crippen LogP) is 2.49. The van der Waals surface area contributed by atoms with Gasteiger partial charge in [-0.15, -0.1) is 0 Å². The maximum absolute atomic E-state index is 12.3. The summed E-state index contributed by atoms with van der Waals surface area (Å²) in [6.45, 7) is 6.30. The van der Waals surface area contributed by atoms with Crippen LogP contribution in [0.2, 0.25) is 0 Å². The molecule has 1 unspecified atom stereocenters. The molecule has 2 fully saturated rings. The van der Waals surface area contributed by atoms with Crippen LogP contribution in [0.3, 0.4) is 0 Å². The quantitative estimate of drug-likeness (QED) is 0.580. The number of imide groups is 1. The molecule has 3 amide bonds. The fraction of sp³-hybridized carbons (Fsp3) is 0.464. The van der Waals surface area contributed by atoms with E-state index < -0.39 is 0 Å². The summed E-state index contributed by atoms with van der Waals surface area (Å²) in [5.74, 6) is 0.528. The standard InChI is InChI=1S/C28H34N4O4/c1-19(33)29-23-11-13-31(14-12-23)15-20-5-7-21(8-6-20)18-36-26-4-2-3-22-16-32(17-24(22)26)25-9-10-27(34)30-28(25)35/h2-8,23,25H,9-18H2,1H3,(H,29,33)(H,30,34,35). The molecule has 8 heteroatoms. The minimum atomic E-state index is -0.272. The average molecular weight is 491 g/mol. The van der Waals surface area contributed by atoms with Crippen molar-refractivity contribution in [3.63, 3.8) is 0 Å². The van der Waals surface area contributed by atoms with Gasteiger partial charge in [-0.3, -0.25) is 29.5 Å². The zero-order valence-corrected chi connectivity index (χ0v) is 20.8. The van der Waals surface area contributed by atoms with Gasteiger partial charge >= 0.3 is 0 Å². The van der Waals surface area contributed by atoms with Gasteiger partial charge in [-0.25, -0.2) is 0 Å². The van der Waals surface area contributed by atoms with Crippen molar-refractivity contribution in [3.05, 3.63) is 64.7 Å². The highest BCUT2D eigenvalue weighted by Gasteiger charge is 2.35. The predicted molar refractivity (Wildman–Crippen MR) is 135 cm³/mol. The number of nitrogens with zero attached hydrogens (tertiary/aromatic N) is 2. The first kappa shape index (κ1) is 24.5. The molecule has 5 rings (SSSR count). The minimum Gasteiger partial charge on any atom is -0.489 e. The van der Waals surface area contributed by atoms with Crippen LogP contribution < -0.4 is 15.4 Å². The van der Waals surface area contributed by atoms with Gasteiger partial charge in [-0.2, -0.15) is 0 Å². The zero-order chi connectivity index (χ0) is 25.1. The van der Waals surface area contributed by atoms with Gasteiger partial charge in [-0.1, -0.05) is 36.4 Å². The van der Waals surface area contributed by atoms with Crippen LogP contribution >= 0.6 is 0 Å². The van der Waals surface area contributed by atoms with Crippen LogP contribution in [-0.2, 0) is 40.6 Å². The van der Waals surface area contributed by atoms with Gasteiger partial charge in [0.1, 0.15) is 12.4 Å². The SMILES string of the molecule is CC(=O)NC1CCN(Cc2ccc(COc3cccc4c3CN(C3CCC(=O)NC3=O)C4)cc2)CC1. The van der Waals surface area contributed by atoms with E-state index >= 15 is 0 Å². The van der Waals surface area contributed by atoms with Gasteiger partial charge in [0.2, 0.25) is 17.7 Å². The Morgan fingerprint density at radius 2 is 1.78 bits per heavy atom. The number of fused-ring (bicyclic) bond motifs is 1. The summed E-state index contributed by atoms with van der Waals surface area (Å²) in [4.78, 5) is 39.7. The van der Waals surface area contributed by atoms with Crippen LogP contribution in [-0.4, -0.2) is 52.7 Å². The van der Waals surface area contributed by atoms with E-state index in [1.54, 1.807) is 6.92 Å². The first-order chi connectivity index (χ1) is 17.4. The summed E-state index contributed by atoms with van der Waals surface area (Å²) in [5.41, 5.74) is 4.69. The van der Waals surface area contributed by atoms with E-state index in [2.05, 4.69) is 50.8 Å². The highest BCUT2D eigenvalue weighted by Crippen LogP contribution is 2.34. The number of benzene rings is 2. The average Bonchev–Trinajstić information content (AvgIpc) is 3.29. The van der Waals surface area contributed by atoms with Gasteiger partial charge in [0.15, 0.2) is 0 Å². The number of piperidine rings is 2. The molecule has 3 aliphatic rings. The summed E-state index contributed by atoms with van der Waals surface area (Å²) in [6, 6.07) is 14.7. The van der Waals surface area contributed by atoms with E-state index in [1.807, 2.05) is 12.1 Å². The van der Waals surface area contributed by atoms with Crippen molar-refractivity contribution in [2.24, 2.45) is 0 Å². The Kier molecular flexibility index (Phi) is 7.34. The molecule has 0 bridgehead atoms. The van der Waals surface area contributed by atoms with Crippen molar-refractivity contribution in [1.82, 2.24) is 20.4 Å². The summed E-state index contributed by atoms with van der Waals surface area (Å²) < 4.78 is 6.22. The van der Waals surface area contributed by atoms with E-state index in [0.29, 0.717) is 38.6 Å². The van der Waals surface area contributed by atoms with Crippen LogP contribution in [0.25, 0.3) is 0 Å². The molecule has 2 aromatic carbocycles. The maximum Gasteiger partial charge on any atom is 0.243 e. The van der Waals surface area contributed by atoms with Gasteiger partial charge in [-0.05, 0) is 42.0 Å². The lowest BCUT2D eigenvalue weighted by Gasteiger charge is -2.32. The molecule has 0 radical (unpaired) electrons. The maximum atomic E-state index is 12.3. The second-order valence-corrected chi connectivity index (χ2v) is 10.1. The topological polar surface area (TPSA) is 91.0 Å². The van der Waals surface area contributed by atoms with Crippen molar-refractivity contribution in [2.45, 2.75) is 70.9 Å². The van der Waals surface area contributed by atoms with E-state index in [4.69, 9.17) is 4.74 Å². The minimum absolute atomic E-state index is 0.0540. The lowest BCUT2D eigenvalue weighted by atomic mass is 10.0. The number of carbonyl (C=O) groups excluding carboxylic acids is 3. The number of hydrogen-bond donors (Lipinski definition) is 2. The lowest BCUT2D eigenvalue weighted by Crippen LogP contribution is -2.50. The third-order valence-corrected chi connectivity index (χ3v) is 7.43. The third-order valence-electron chi connectivity index (χ3n) is 7.43. The van der Waals surface area contributed by atoms with Crippen molar-refractivity contribution in [2.75, 3.05) is 13.1 Å². The third kappa shape index (κ3) is 5.77. The fourth-order valence-corrected chi connectivity index (χ4v) is 5.49. The largest absolute Gasteiger partial charge is 0.489 e. The summed E-state index contributed by atoms with van der Waals surface area (Å²) in [7, 11) is 0. The molecule has 2 aromatic rings. The second kappa shape index (κ2) is 10.8. The van der Waals surface area contributed by atoms with Crippen LogP contribution in [0.1, 0.15) is 54.9 Å². The Balaban J connectivity index is 1.13. The number of rotatable bonds is 7. The number of carbonyl (C=O) groups is 3. The van der Waals surface area contributed by atoms with Crippen molar-refractivity contribution in [1.29, 1.82) is 0 Å². The Morgan fingerprint density at radius 3 is 2.50 bits per heavy atom. The molecule has 36 heavy (non-hydrogen) atoms. The van der Waals surface area contributed by atoms with Crippen LogP contribution in [0.5, 0.6) is 5.75 Å². The van der Waals surface area contributed by atoms with Crippen molar-refractivity contribution >= 4 is 17.7 Å². The Hall–Kier alpha value is -3.23. The number of hydrogen-bond acceptors (Lipinski definition) is 6. The molecular weight excluding hydrogens is 456 g/mol. The van der Waals surface area contributed by atoms with Crippen molar-refractivity contribution < 1.29 is 19.1 Å². The molecule has 3 aliphatic heterocycles. The Labute approximate surface area is 212 Å². The van der Waals surface area contributed by atoms with Gasteiger partial charge in [0, 0.05) is 57.7 Å². The molecular formula is C28H34N4O4. The molecule has 190 valence electrons. The first-order valence-corrected chi connectivity index (χ1v) is 12.8. The van der Waals surface area contributed by atoms with E-state index in [0.717, 1.165) is 49.4 Å². The molecule has 0 saturated carbocycles. The monoisotopic (exact) mass is 490 g/mol. The Morgan fingerprint density at radius 1 is 1.03 bits per heavy atom. The number of amides is 3. The molecule has 1 atom stereocenters. The number of nitrogens with one attached hydrogen (secondary N) is 2. The summed E-state index contributed by atoms with van der Waals surface area (Å²) >= 11 is 0. The first-order valence-electron chi connectivity index (χ1n) is 12.8. The van der Waals surface area contributed by atoms with Crippen LogP contribution in [0.4, 0.5) is 0 Å². The summed E-state index contributed by atoms with van der Waals surface area (Å²) in [6.07, 6.45) is 2.94. The molecule has 0 aromatic heterocycles. The smallest absolute Gasteiger partial charge is 0.243 e. The number of ether oxygens (including phenoxy) is 1. The summed E-state index contributed by atoms with van der Waals surface area (Å²) in [5, 5.41) is 5.49. The fourth-order valence-electron chi connectivity index (χ4n) is 5.49. The van der Waals surface area contributed by atoms with E-state index in [9.17, 15) is 14.4 Å². The normalized spacial score (nSPS) is 21.2. The molecule has 0 aliphatic carbocycles. The molecule has 8 nitrogen and oxygen atoms in total. The van der Waals surface area contributed by atoms with Crippen LogP contribution in [0.15, 0.2) is 42.5 Å². The van der Waals surface area contributed by atoms with Crippen molar-refractivity contribution in [3.8, 4) is 5.75 Å². The van der Waals surface area contributed by atoms with Gasteiger partial charge in [0.05, 0.1) is 6.04 Å². The lowest BCUT2D eigenvalue weighted by molar-refractivity contribution is -0.137.